The number of carbonyl (C=O) groups is 2. The third kappa shape index (κ3) is 4.18. The molecule has 0 aliphatic carbocycles. The first-order chi connectivity index (χ1) is 10.1. The van der Waals surface area contributed by atoms with Crippen molar-refractivity contribution in [3.05, 3.63) is 59.7 Å². The molecule has 0 heterocycles. The summed E-state index contributed by atoms with van der Waals surface area (Å²) in [4.78, 5) is 22.5. The van der Waals surface area contributed by atoms with Gasteiger partial charge >= 0.3 is 5.97 Å². The molecular formula is C17H16O4. The van der Waals surface area contributed by atoms with E-state index in [9.17, 15) is 9.59 Å². The Morgan fingerprint density at radius 3 is 2.05 bits per heavy atom. The molecule has 0 saturated heterocycles. The van der Waals surface area contributed by atoms with E-state index in [1.165, 1.54) is 0 Å². The molecule has 2 aromatic carbocycles. The average molecular weight is 284 g/mol. The highest BCUT2D eigenvalue weighted by Crippen LogP contribution is 2.17. The van der Waals surface area contributed by atoms with E-state index in [2.05, 4.69) is 0 Å². The summed E-state index contributed by atoms with van der Waals surface area (Å²) in [5, 5.41) is 0. The van der Waals surface area contributed by atoms with Crippen molar-refractivity contribution in [3.63, 3.8) is 0 Å². The van der Waals surface area contributed by atoms with Gasteiger partial charge in [0.15, 0.2) is 0 Å². The number of carbonyl (C=O) groups excluding carboxylic acids is 2. The molecule has 0 amide bonds. The van der Waals surface area contributed by atoms with Crippen LogP contribution in [-0.4, -0.2) is 18.4 Å². The van der Waals surface area contributed by atoms with Crippen molar-refractivity contribution in [2.45, 2.75) is 20.0 Å². The van der Waals surface area contributed by atoms with Gasteiger partial charge in [-0.25, -0.2) is 4.79 Å². The minimum absolute atomic E-state index is 0.0825. The van der Waals surface area contributed by atoms with Crippen molar-refractivity contribution in [3.8, 4) is 11.5 Å². The molecule has 0 radical (unpaired) electrons. The highest BCUT2D eigenvalue weighted by Gasteiger charge is 2.09. The lowest BCUT2D eigenvalue weighted by molar-refractivity contribution is 0.0734. The molecule has 2 rings (SSSR count). The first-order valence-electron chi connectivity index (χ1n) is 6.62. The van der Waals surface area contributed by atoms with Gasteiger partial charge in [0.2, 0.25) is 0 Å². The van der Waals surface area contributed by atoms with E-state index in [-0.39, 0.29) is 6.10 Å². The summed E-state index contributed by atoms with van der Waals surface area (Å²) >= 11 is 0. The molecule has 2 aromatic rings. The molecule has 0 aliphatic rings. The van der Waals surface area contributed by atoms with Crippen LogP contribution in [0.3, 0.4) is 0 Å². The molecule has 0 N–H and O–H groups in total. The van der Waals surface area contributed by atoms with E-state index >= 15 is 0 Å². The zero-order valence-electron chi connectivity index (χ0n) is 11.9. The highest BCUT2D eigenvalue weighted by molar-refractivity contribution is 5.91. The number of benzene rings is 2. The molecule has 0 atom stereocenters. The Labute approximate surface area is 123 Å². The number of ether oxygens (including phenoxy) is 2. The van der Waals surface area contributed by atoms with Gasteiger partial charge in [0.1, 0.15) is 17.8 Å². The van der Waals surface area contributed by atoms with Gasteiger partial charge in [0.05, 0.1) is 11.7 Å². The van der Waals surface area contributed by atoms with Gasteiger partial charge in [-0.1, -0.05) is 0 Å². The van der Waals surface area contributed by atoms with E-state index in [0.717, 1.165) is 6.29 Å². The molecule has 108 valence electrons. The van der Waals surface area contributed by atoms with Gasteiger partial charge in [0.25, 0.3) is 0 Å². The maximum absolute atomic E-state index is 12.0. The quantitative estimate of drug-likeness (QED) is 0.479. The first kappa shape index (κ1) is 14.8. The van der Waals surface area contributed by atoms with Crippen LogP contribution >= 0.6 is 0 Å². The van der Waals surface area contributed by atoms with Crippen molar-refractivity contribution in [2.75, 3.05) is 0 Å². The monoisotopic (exact) mass is 284 g/mol. The van der Waals surface area contributed by atoms with E-state index < -0.39 is 5.97 Å². The second kappa shape index (κ2) is 6.70. The Balaban J connectivity index is 2.03. The van der Waals surface area contributed by atoms with Gasteiger partial charge in [-0.3, -0.25) is 4.79 Å². The van der Waals surface area contributed by atoms with Crippen LogP contribution in [0.5, 0.6) is 11.5 Å². The average Bonchev–Trinajstić information content (AvgIpc) is 2.48. The van der Waals surface area contributed by atoms with Crippen molar-refractivity contribution in [2.24, 2.45) is 0 Å². The van der Waals surface area contributed by atoms with Gasteiger partial charge in [0, 0.05) is 5.56 Å². The molecule has 21 heavy (non-hydrogen) atoms. The summed E-state index contributed by atoms with van der Waals surface area (Å²) in [6.07, 6.45) is 0.818. The van der Waals surface area contributed by atoms with Crippen molar-refractivity contribution < 1.29 is 19.1 Å². The van der Waals surface area contributed by atoms with E-state index in [1.54, 1.807) is 48.5 Å². The molecule has 0 unspecified atom stereocenters. The van der Waals surface area contributed by atoms with Gasteiger partial charge < -0.3 is 9.47 Å². The maximum atomic E-state index is 12.0. The minimum Gasteiger partial charge on any atom is -0.491 e. The standard InChI is InChI=1S/C17H16O4/c1-12(2)20-15-9-5-14(6-10-15)17(19)21-16-7-3-13(11-18)4-8-16/h3-12H,1-2H3. The molecule has 0 aromatic heterocycles. The first-order valence-corrected chi connectivity index (χ1v) is 6.62. The van der Waals surface area contributed by atoms with Gasteiger partial charge in [-0.05, 0) is 62.4 Å². The fraction of sp³-hybridized carbons (Fsp3) is 0.176. The third-order valence-electron chi connectivity index (χ3n) is 2.69. The maximum Gasteiger partial charge on any atom is 0.343 e. The fourth-order valence-electron chi connectivity index (χ4n) is 1.72. The Kier molecular flexibility index (Phi) is 4.72. The summed E-state index contributed by atoms with van der Waals surface area (Å²) in [5.74, 6) is 0.648. The van der Waals surface area contributed by atoms with Crippen LogP contribution in [0.2, 0.25) is 0 Å². The van der Waals surface area contributed by atoms with Crippen molar-refractivity contribution in [1.29, 1.82) is 0 Å². The Morgan fingerprint density at radius 1 is 0.952 bits per heavy atom. The normalized spacial score (nSPS) is 10.2. The summed E-state index contributed by atoms with van der Waals surface area (Å²) in [7, 11) is 0. The van der Waals surface area contributed by atoms with Crippen LogP contribution in [0.15, 0.2) is 48.5 Å². The molecular weight excluding hydrogens is 268 g/mol. The molecule has 4 nitrogen and oxygen atoms in total. The lowest BCUT2D eigenvalue weighted by Crippen LogP contribution is -2.09. The second-order valence-corrected chi connectivity index (χ2v) is 4.77. The smallest absolute Gasteiger partial charge is 0.343 e. The van der Waals surface area contributed by atoms with E-state index in [1.807, 2.05) is 13.8 Å². The number of rotatable bonds is 5. The topological polar surface area (TPSA) is 52.6 Å². The fourth-order valence-corrected chi connectivity index (χ4v) is 1.72. The van der Waals surface area contributed by atoms with Crippen molar-refractivity contribution in [1.82, 2.24) is 0 Å². The van der Waals surface area contributed by atoms with Crippen LogP contribution in [0, 0.1) is 0 Å². The minimum atomic E-state index is -0.454. The third-order valence-corrected chi connectivity index (χ3v) is 2.69. The summed E-state index contributed by atoms with van der Waals surface area (Å²) in [5.41, 5.74) is 0.968. The zero-order chi connectivity index (χ0) is 15.2. The van der Waals surface area contributed by atoms with E-state index in [4.69, 9.17) is 9.47 Å². The number of esters is 1. The van der Waals surface area contributed by atoms with Gasteiger partial charge in [-0.15, -0.1) is 0 Å². The Hall–Kier alpha value is -2.62. The Morgan fingerprint density at radius 2 is 1.52 bits per heavy atom. The summed E-state index contributed by atoms with van der Waals surface area (Å²) in [6, 6.07) is 13.1. The largest absolute Gasteiger partial charge is 0.491 e. The predicted octanol–water partition coefficient (Wildman–Crippen LogP) is 3.51. The molecule has 0 aliphatic heterocycles. The predicted molar refractivity (Wildman–Crippen MR) is 79.0 cm³/mol. The van der Waals surface area contributed by atoms with Crippen LogP contribution in [0.4, 0.5) is 0 Å². The number of hydrogen-bond donors (Lipinski definition) is 0. The lowest BCUT2D eigenvalue weighted by Gasteiger charge is -2.10. The Bertz CT molecular complexity index is 612. The molecule has 0 fully saturated rings. The second-order valence-electron chi connectivity index (χ2n) is 4.77. The van der Waals surface area contributed by atoms with E-state index in [0.29, 0.717) is 22.6 Å². The van der Waals surface area contributed by atoms with Crippen LogP contribution in [0.25, 0.3) is 0 Å². The lowest BCUT2D eigenvalue weighted by atomic mass is 10.2. The van der Waals surface area contributed by atoms with Crippen molar-refractivity contribution >= 4 is 12.3 Å². The zero-order valence-corrected chi connectivity index (χ0v) is 11.9. The molecule has 4 heteroatoms. The molecule has 0 spiro atoms. The molecule has 0 bridgehead atoms. The summed E-state index contributed by atoms with van der Waals surface area (Å²) in [6.45, 7) is 3.87. The van der Waals surface area contributed by atoms with Crippen LogP contribution < -0.4 is 9.47 Å². The SMILES string of the molecule is CC(C)Oc1ccc(C(=O)Oc2ccc(C=O)cc2)cc1. The number of aldehydes is 1. The summed E-state index contributed by atoms with van der Waals surface area (Å²) < 4.78 is 10.7. The highest BCUT2D eigenvalue weighted by atomic mass is 16.5. The van der Waals surface area contributed by atoms with Crippen LogP contribution in [-0.2, 0) is 0 Å². The number of hydrogen-bond acceptors (Lipinski definition) is 4. The van der Waals surface area contributed by atoms with Gasteiger partial charge in [-0.2, -0.15) is 0 Å². The van der Waals surface area contributed by atoms with Crippen LogP contribution in [0.1, 0.15) is 34.6 Å². The molecule has 0 saturated carbocycles.